The number of fused-ring (bicyclic) bond motifs is 1. The summed E-state index contributed by atoms with van der Waals surface area (Å²) in [6.45, 7) is 2.82. The maximum absolute atomic E-state index is 11.4. The Morgan fingerprint density at radius 3 is 2.75 bits per heavy atom. The number of hydrogen-bond donors (Lipinski definition) is 2. The van der Waals surface area contributed by atoms with Gasteiger partial charge in [-0.2, -0.15) is 12.6 Å². The van der Waals surface area contributed by atoms with Gasteiger partial charge in [0.2, 0.25) is 5.91 Å². The van der Waals surface area contributed by atoms with E-state index in [1.165, 1.54) is 0 Å². The van der Waals surface area contributed by atoms with Crippen LogP contribution in [-0.4, -0.2) is 24.4 Å². The van der Waals surface area contributed by atoms with E-state index < -0.39 is 0 Å². The van der Waals surface area contributed by atoms with Gasteiger partial charge in [-0.25, -0.2) is 0 Å². The number of thiol groups is 1. The predicted octanol–water partition coefficient (Wildman–Crippen LogP) is 1.71. The van der Waals surface area contributed by atoms with E-state index in [0.29, 0.717) is 30.4 Å². The monoisotopic (exact) mass is 239 g/mol. The Kier molecular flexibility index (Phi) is 3.24. The van der Waals surface area contributed by atoms with Crippen molar-refractivity contribution in [1.29, 1.82) is 0 Å². The van der Waals surface area contributed by atoms with Gasteiger partial charge in [0.05, 0.1) is 5.25 Å². The first-order valence-electron chi connectivity index (χ1n) is 5.05. The lowest BCUT2D eigenvalue weighted by molar-refractivity contribution is -0.115. The maximum Gasteiger partial charge on any atom is 0.236 e. The molecule has 1 unspecified atom stereocenters. The molecule has 1 aromatic rings. The number of benzene rings is 1. The second-order valence-electron chi connectivity index (χ2n) is 3.52. The second kappa shape index (κ2) is 4.65. The van der Waals surface area contributed by atoms with Crippen molar-refractivity contribution in [2.75, 3.05) is 18.5 Å². The lowest BCUT2D eigenvalue weighted by Crippen LogP contribution is -2.21. The van der Waals surface area contributed by atoms with Gasteiger partial charge in [-0.15, -0.1) is 0 Å². The van der Waals surface area contributed by atoms with Gasteiger partial charge >= 0.3 is 0 Å². The molecule has 4 nitrogen and oxygen atoms in total. The standard InChI is InChI=1S/C11H13NO3S/c1-7(16)11(13)12-8-2-3-9-10(6-8)15-5-4-14-9/h2-3,6-7,16H,4-5H2,1H3,(H,12,13). The van der Waals surface area contributed by atoms with E-state index in [0.717, 1.165) is 0 Å². The predicted molar refractivity (Wildman–Crippen MR) is 64.5 cm³/mol. The number of rotatable bonds is 2. The third kappa shape index (κ3) is 2.41. The molecule has 0 radical (unpaired) electrons. The van der Waals surface area contributed by atoms with E-state index in [1.54, 1.807) is 25.1 Å². The molecule has 0 bridgehead atoms. The highest BCUT2D eigenvalue weighted by atomic mass is 32.1. The quantitative estimate of drug-likeness (QED) is 0.772. The van der Waals surface area contributed by atoms with Gasteiger partial charge in [0, 0.05) is 11.8 Å². The highest BCUT2D eigenvalue weighted by Crippen LogP contribution is 2.32. The van der Waals surface area contributed by atoms with E-state index in [1.807, 2.05) is 0 Å². The van der Waals surface area contributed by atoms with Crippen molar-refractivity contribution < 1.29 is 14.3 Å². The van der Waals surface area contributed by atoms with Crippen molar-refractivity contribution in [1.82, 2.24) is 0 Å². The van der Waals surface area contributed by atoms with Crippen LogP contribution in [0.15, 0.2) is 18.2 Å². The molecule has 5 heteroatoms. The van der Waals surface area contributed by atoms with E-state index in [-0.39, 0.29) is 11.2 Å². The normalized spacial score (nSPS) is 15.4. The number of hydrogen-bond acceptors (Lipinski definition) is 4. The molecule has 0 fully saturated rings. The molecule has 86 valence electrons. The third-order valence-electron chi connectivity index (χ3n) is 2.19. The van der Waals surface area contributed by atoms with E-state index in [9.17, 15) is 4.79 Å². The zero-order chi connectivity index (χ0) is 11.5. The third-order valence-corrected chi connectivity index (χ3v) is 2.42. The summed E-state index contributed by atoms with van der Waals surface area (Å²) in [7, 11) is 0. The first-order valence-corrected chi connectivity index (χ1v) is 5.57. The second-order valence-corrected chi connectivity index (χ2v) is 4.30. The molecule has 0 saturated carbocycles. The highest BCUT2D eigenvalue weighted by molar-refractivity contribution is 7.81. The summed E-state index contributed by atoms with van der Waals surface area (Å²) in [5, 5.41) is 2.40. The van der Waals surface area contributed by atoms with Crippen LogP contribution in [0.4, 0.5) is 5.69 Å². The van der Waals surface area contributed by atoms with Crippen LogP contribution in [0.5, 0.6) is 11.5 Å². The summed E-state index contributed by atoms with van der Waals surface area (Å²) in [6.07, 6.45) is 0. The summed E-state index contributed by atoms with van der Waals surface area (Å²) < 4.78 is 10.8. The molecule has 1 aliphatic rings. The first kappa shape index (κ1) is 11.1. The number of nitrogens with one attached hydrogen (secondary N) is 1. The molecule has 0 aromatic heterocycles. The number of carbonyl (C=O) groups excluding carboxylic acids is 1. The van der Waals surface area contributed by atoms with Gasteiger partial charge in [-0.05, 0) is 19.1 Å². The van der Waals surface area contributed by atoms with Crippen LogP contribution in [0, 0.1) is 0 Å². The van der Waals surface area contributed by atoms with Crippen LogP contribution >= 0.6 is 12.6 Å². The first-order chi connectivity index (χ1) is 7.66. The lowest BCUT2D eigenvalue weighted by Gasteiger charge is -2.19. The Bertz CT molecular complexity index is 406. The SMILES string of the molecule is CC(S)C(=O)Nc1ccc2c(c1)OCCO2. The number of amides is 1. The summed E-state index contributed by atoms with van der Waals surface area (Å²) >= 11 is 4.05. The van der Waals surface area contributed by atoms with Crippen LogP contribution in [0.2, 0.25) is 0 Å². The summed E-state index contributed by atoms with van der Waals surface area (Å²) in [5.74, 6) is 1.24. The smallest absolute Gasteiger partial charge is 0.236 e. The molecule has 1 aliphatic heterocycles. The average Bonchev–Trinajstić information content (AvgIpc) is 2.28. The summed E-state index contributed by atoms with van der Waals surface area (Å²) in [4.78, 5) is 11.4. The molecule has 0 saturated heterocycles. The van der Waals surface area contributed by atoms with Crippen molar-refractivity contribution in [2.24, 2.45) is 0 Å². The van der Waals surface area contributed by atoms with Gasteiger partial charge < -0.3 is 14.8 Å². The Labute approximate surface area is 99.3 Å². The van der Waals surface area contributed by atoms with E-state index in [4.69, 9.17) is 9.47 Å². The fourth-order valence-electron chi connectivity index (χ4n) is 1.37. The van der Waals surface area contributed by atoms with Gasteiger partial charge in [-0.3, -0.25) is 4.79 Å². The van der Waals surface area contributed by atoms with Crippen molar-refractivity contribution in [3.63, 3.8) is 0 Å². The van der Waals surface area contributed by atoms with Crippen LogP contribution in [0.3, 0.4) is 0 Å². The van der Waals surface area contributed by atoms with Gasteiger partial charge in [0.1, 0.15) is 13.2 Å². The number of ether oxygens (including phenoxy) is 2. The Balaban J connectivity index is 2.14. The van der Waals surface area contributed by atoms with Crippen molar-refractivity contribution in [3.8, 4) is 11.5 Å². The molecule has 0 aliphatic carbocycles. The van der Waals surface area contributed by atoms with Crippen LogP contribution in [-0.2, 0) is 4.79 Å². The van der Waals surface area contributed by atoms with Crippen molar-refractivity contribution in [3.05, 3.63) is 18.2 Å². The summed E-state index contributed by atoms with van der Waals surface area (Å²) in [5.41, 5.74) is 0.690. The highest BCUT2D eigenvalue weighted by Gasteiger charge is 2.13. The molecule has 1 atom stereocenters. The fraction of sp³-hybridized carbons (Fsp3) is 0.364. The van der Waals surface area contributed by atoms with Gasteiger partial charge in [0.15, 0.2) is 11.5 Å². The van der Waals surface area contributed by atoms with E-state index in [2.05, 4.69) is 17.9 Å². The molecule has 0 spiro atoms. The summed E-state index contributed by atoms with van der Waals surface area (Å²) in [6, 6.07) is 5.32. The lowest BCUT2D eigenvalue weighted by atomic mass is 10.2. The molecule has 1 N–H and O–H groups in total. The van der Waals surface area contributed by atoms with E-state index >= 15 is 0 Å². The largest absolute Gasteiger partial charge is 0.486 e. The Morgan fingerprint density at radius 1 is 1.38 bits per heavy atom. The van der Waals surface area contributed by atoms with Crippen LogP contribution in [0.1, 0.15) is 6.92 Å². The zero-order valence-electron chi connectivity index (χ0n) is 8.90. The minimum Gasteiger partial charge on any atom is -0.486 e. The fourth-order valence-corrected chi connectivity index (χ4v) is 1.43. The minimum atomic E-state index is -0.340. The Morgan fingerprint density at radius 2 is 2.06 bits per heavy atom. The van der Waals surface area contributed by atoms with Crippen LogP contribution < -0.4 is 14.8 Å². The van der Waals surface area contributed by atoms with Crippen molar-refractivity contribution in [2.45, 2.75) is 12.2 Å². The molecule has 2 rings (SSSR count). The maximum atomic E-state index is 11.4. The molecular weight excluding hydrogens is 226 g/mol. The van der Waals surface area contributed by atoms with Crippen LogP contribution in [0.25, 0.3) is 0 Å². The molecule has 1 heterocycles. The minimum absolute atomic E-state index is 0.139. The zero-order valence-corrected chi connectivity index (χ0v) is 9.79. The molecule has 16 heavy (non-hydrogen) atoms. The average molecular weight is 239 g/mol. The van der Waals surface area contributed by atoms with Gasteiger partial charge in [0.25, 0.3) is 0 Å². The topological polar surface area (TPSA) is 47.6 Å². The molecule has 1 aromatic carbocycles. The van der Waals surface area contributed by atoms with Crippen molar-refractivity contribution >= 4 is 24.2 Å². The van der Waals surface area contributed by atoms with Gasteiger partial charge in [-0.1, -0.05) is 0 Å². The molecule has 1 amide bonds. The number of anilines is 1. The number of carbonyl (C=O) groups is 1. The Hall–Kier alpha value is -1.36. The molecular formula is C11H13NO3S.